The highest BCUT2D eigenvalue weighted by Crippen LogP contribution is 2.26. The summed E-state index contributed by atoms with van der Waals surface area (Å²) in [4.78, 5) is 25.4. The van der Waals surface area contributed by atoms with Crippen LogP contribution >= 0.6 is 0 Å². The van der Waals surface area contributed by atoms with Crippen molar-refractivity contribution in [3.05, 3.63) is 29.8 Å². The summed E-state index contributed by atoms with van der Waals surface area (Å²) in [6.07, 6.45) is 0.424. The molecule has 1 N–H and O–H groups in total. The Kier molecular flexibility index (Phi) is 5.53. The minimum absolute atomic E-state index is 0.123. The monoisotopic (exact) mass is 368 g/mol. The molecule has 0 aromatic heterocycles. The molecular weight excluding hydrogens is 344 g/mol. The molecule has 25 heavy (non-hydrogen) atoms. The van der Waals surface area contributed by atoms with Gasteiger partial charge in [-0.3, -0.25) is 9.59 Å². The number of hydrogen-bond donors (Lipinski definition) is 1. The van der Waals surface area contributed by atoms with Gasteiger partial charge in [0.25, 0.3) is 5.91 Å². The molecule has 1 aromatic carbocycles. The maximum atomic E-state index is 12.6. The van der Waals surface area contributed by atoms with Crippen LogP contribution in [0.25, 0.3) is 0 Å². The van der Waals surface area contributed by atoms with Gasteiger partial charge in [0, 0.05) is 31.2 Å². The Morgan fingerprint density at radius 3 is 2.24 bits per heavy atom. The van der Waals surface area contributed by atoms with Crippen molar-refractivity contribution in [1.29, 1.82) is 0 Å². The zero-order chi connectivity index (χ0) is 18.9. The first kappa shape index (κ1) is 19.4. The van der Waals surface area contributed by atoms with Gasteiger partial charge < -0.3 is 10.0 Å². The number of aliphatic carboxylic acids is 1. The van der Waals surface area contributed by atoms with E-state index < -0.39 is 21.9 Å². The van der Waals surface area contributed by atoms with Crippen LogP contribution in [0.3, 0.4) is 0 Å². The largest absolute Gasteiger partial charge is 0.481 e. The van der Waals surface area contributed by atoms with E-state index in [-0.39, 0.29) is 22.9 Å². The van der Waals surface area contributed by atoms with Gasteiger partial charge in [-0.2, -0.15) is 4.31 Å². The van der Waals surface area contributed by atoms with Gasteiger partial charge >= 0.3 is 5.97 Å². The van der Waals surface area contributed by atoms with Crippen molar-refractivity contribution in [2.45, 2.75) is 44.2 Å². The van der Waals surface area contributed by atoms with Gasteiger partial charge in [0.1, 0.15) is 0 Å². The standard InChI is InChI=1S/C17H24N2O5S/c1-11(2)18(4)25(23,24)14-7-5-13(6-8-14)16(20)19-10-9-15(12(19)3)17(21)22/h5-8,11-12,15H,9-10H2,1-4H3,(H,21,22). The Morgan fingerprint density at radius 2 is 1.80 bits per heavy atom. The SMILES string of the molecule is CC1C(C(=O)O)CCN1C(=O)c1ccc(S(=O)(=O)N(C)C(C)C)cc1. The van der Waals surface area contributed by atoms with Crippen molar-refractivity contribution in [2.24, 2.45) is 5.92 Å². The van der Waals surface area contributed by atoms with Crippen molar-refractivity contribution in [3.8, 4) is 0 Å². The van der Waals surface area contributed by atoms with Gasteiger partial charge in [-0.15, -0.1) is 0 Å². The number of carbonyl (C=O) groups excluding carboxylic acids is 1. The number of carbonyl (C=O) groups is 2. The number of sulfonamides is 1. The summed E-state index contributed by atoms with van der Waals surface area (Å²) in [6, 6.07) is 5.22. The molecule has 1 heterocycles. The molecule has 138 valence electrons. The number of rotatable bonds is 5. The van der Waals surface area contributed by atoms with Crippen LogP contribution in [0.4, 0.5) is 0 Å². The number of carboxylic acids is 1. The van der Waals surface area contributed by atoms with Crippen molar-refractivity contribution < 1.29 is 23.1 Å². The third-order valence-electron chi connectivity index (χ3n) is 4.84. The minimum Gasteiger partial charge on any atom is -0.481 e. The van der Waals surface area contributed by atoms with Crippen molar-refractivity contribution >= 4 is 21.9 Å². The molecule has 7 nitrogen and oxygen atoms in total. The lowest BCUT2D eigenvalue weighted by atomic mass is 10.0. The van der Waals surface area contributed by atoms with Crippen molar-refractivity contribution in [3.63, 3.8) is 0 Å². The molecule has 0 bridgehead atoms. The molecule has 8 heteroatoms. The molecule has 2 rings (SSSR count). The van der Waals surface area contributed by atoms with Crippen LogP contribution in [-0.2, 0) is 14.8 Å². The third-order valence-corrected chi connectivity index (χ3v) is 6.89. The number of benzene rings is 1. The normalized spacial score (nSPS) is 21.1. The highest BCUT2D eigenvalue weighted by atomic mass is 32.2. The maximum absolute atomic E-state index is 12.6. The van der Waals surface area contributed by atoms with Gasteiger partial charge in [-0.05, 0) is 51.5 Å². The molecule has 1 fully saturated rings. The summed E-state index contributed by atoms with van der Waals surface area (Å²) in [6.45, 7) is 5.67. The van der Waals surface area contributed by atoms with E-state index in [1.807, 2.05) is 0 Å². The Labute approximate surface area is 148 Å². The minimum atomic E-state index is -3.60. The molecule has 1 aliphatic heterocycles. The fourth-order valence-corrected chi connectivity index (χ4v) is 4.30. The maximum Gasteiger partial charge on any atom is 0.308 e. The molecule has 0 saturated carbocycles. The molecule has 1 amide bonds. The second kappa shape index (κ2) is 7.13. The lowest BCUT2D eigenvalue weighted by Gasteiger charge is -2.24. The summed E-state index contributed by atoms with van der Waals surface area (Å²) in [7, 11) is -2.09. The van der Waals surface area contributed by atoms with E-state index in [0.29, 0.717) is 18.5 Å². The van der Waals surface area contributed by atoms with Crippen LogP contribution in [0.2, 0.25) is 0 Å². The third kappa shape index (κ3) is 3.69. The number of likely N-dealkylation sites (tertiary alicyclic amines) is 1. The molecular formula is C17H24N2O5S. The van der Waals surface area contributed by atoms with Gasteiger partial charge in [0.2, 0.25) is 10.0 Å². The topological polar surface area (TPSA) is 95.0 Å². The Bertz CT molecular complexity index is 758. The van der Waals surface area contributed by atoms with E-state index in [1.165, 1.54) is 40.5 Å². The summed E-state index contributed by atoms with van der Waals surface area (Å²) in [5, 5.41) is 9.17. The van der Waals surface area contributed by atoms with Crippen LogP contribution in [0.1, 0.15) is 37.6 Å². The smallest absolute Gasteiger partial charge is 0.308 e. The number of hydrogen-bond acceptors (Lipinski definition) is 4. The summed E-state index contributed by atoms with van der Waals surface area (Å²) < 4.78 is 26.2. The number of carboxylic acid groups (broad SMARTS) is 1. The van der Waals surface area contributed by atoms with Gasteiger partial charge in [0.05, 0.1) is 10.8 Å². The van der Waals surface area contributed by atoms with Crippen LogP contribution in [0, 0.1) is 5.92 Å². The van der Waals surface area contributed by atoms with Crippen LogP contribution in [0.15, 0.2) is 29.2 Å². The van der Waals surface area contributed by atoms with E-state index in [0.717, 1.165) is 0 Å². The highest BCUT2D eigenvalue weighted by molar-refractivity contribution is 7.89. The fraction of sp³-hybridized carbons (Fsp3) is 0.529. The fourth-order valence-electron chi connectivity index (χ4n) is 2.94. The van der Waals surface area contributed by atoms with E-state index >= 15 is 0 Å². The second-order valence-corrected chi connectivity index (χ2v) is 8.61. The molecule has 2 unspecified atom stereocenters. The van der Waals surface area contributed by atoms with Gasteiger partial charge in [-0.25, -0.2) is 8.42 Å². The van der Waals surface area contributed by atoms with Crippen molar-refractivity contribution in [2.75, 3.05) is 13.6 Å². The molecule has 0 aliphatic carbocycles. The van der Waals surface area contributed by atoms with Gasteiger partial charge in [0.15, 0.2) is 0 Å². The molecule has 1 aliphatic rings. The molecule has 0 radical (unpaired) electrons. The summed E-state index contributed by atoms with van der Waals surface area (Å²) in [5.41, 5.74) is 0.351. The Hall–Kier alpha value is -1.93. The Morgan fingerprint density at radius 1 is 1.24 bits per heavy atom. The zero-order valence-corrected chi connectivity index (χ0v) is 15.7. The van der Waals surface area contributed by atoms with E-state index in [9.17, 15) is 18.0 Å². The first-order valence-electron chi connectivity index (χ1n) is 8.19. The van der Waals surface area contributed by atoms with Crippen LogP contribution in [-0.4, -0.2) is 60.3 Å². The average molecular weight is 368 g/mol. The Balaban J connectivity index is 2.21. The quantitative estimate of drug-likeness (QED) is 0.853. The highest BCUT2D eigenvalue weighted by Gasteiger charge is 2.38. The predicted molar refractivity (Wildman–Crippen MR) is 92.8 cm³/mol. The average Bonchev–Trinajstić information content (AvgIpc) is 2.95. The lowest BCUT2D eigenvalue weighted by molar-refractivity contribution is -0.142. The van der Waals surface area contributed by atoms with Crippen LogP contribution < -0.4 is 0 Å². The second-order valence-electron chi connectivity index (χ2n) is 6.61. The molecule has 2 atom stereocenters. The first-order chi connectivity index (χ1) is 11.6. The molecule has 0 spiro atoms. The summed E-state index contributed by atoms with van der Waals surface area (Å²) in [5.74, 6) is -1.75. The number of nitrogens with zero attached hydrogens (tertiary/aromatic N) is 2. The van der Waals surface area contributed by atoms with Crippen molar-refractivity contribution in [1.82, 2.24) is 9.21 Å². The van der Waals surface area contributed by atoms with E-state index in [1.54, 1.807) is 20.8 Å². The first-order valence-corrected chi connectivity index (χ1v) is 9.63. The van der Waals surface area contributed by atoms with E-state index in [4.69, 9.17) is 5.11 Å². The number of amides is 1. The lowest BCUT2D eigenvalue weighted by Crippen LogP contribution is -2.37. The summed E-state index contributed by atoms with van der Waals surface area (Å²) >= 11 is 0. The predicted octanol–water partition coefficient (Wildman–Crippen LogP) is 1.65. The zero-order valence-electron chi connectivity index (χ0n) is 14.8. The van der Waals surface area contributed by atoms with Gasteiger partial charge in [-0.1, -0.05) is 0 Å². The molecule has 1 aromatic rings. The van der Waals surface area contributed by atoms with E-state index in [2.05, 4.69) is 0 Å². The molecule has 1 saturated heterocycles. The van der Waals surface area contributed by atoms with Crippen LogP contribution in [0.5, 0.6) is 0 Å².